The minimum atomic E-state index is -0.215. The molecule has 3 aromatic rings. The summed E-state index contributed by atoms with van der Waals surface area (Å²) in [6, 6.07) is 24.4. The monoisotopic (exact) mass is 508 g/mol. The maximum absolute atomic E-state index is 11.1. The summed E-state index contributed by atoms with van der Waals surface area (Å²) < 4.78 is 20.5. The third-order valence-electron chi connectivity index (χ3n) is 5.37. The Morgan fingerprint density at radius 1 is 0.622 bits per heavy atom. The zero-order valence-electron chi connectivity index (χ0n) is 21.6. The highest BCUT2D eigenvalue weighted by molar-refractivity contribution is 5.69. The van der Waals surface area contributed by atoms with Crippen LogP contribution in [0.25, 0.3) is 0 Å². The fourth-order valence-electron chi connectivity index (χ4n) is 3.21. The number of hydrogen-bond acceptors (Lipinski definition) is 7. The first-order valence-corrected chi connectivity index (χ1v) is 12.3. The Balaban J connectivity index is 0.000000312. The van der Waals surface area contributed by atoms with Crippen LogP contribution >= 0.6 is 0 Å². The number of carbonyl (C=O) groups is 2. The fraction of sp³-hybridized carbons (Fsp3) is 0.333. The molecular weight excluding hydrogens is 472 g/mol. The van der Waals surface area contributed by atoms with Crippen LogP contribution in [0.1, 0.15) is 36.8 Å². The molecule has 3 aromatic carbocycles. The molecule has 0 aliphatic rings. The van der Waals surface area contributed by atoms with Gasteiger partial charge in [-0.3, -0.25) is 9.59 Å². The van der Waals surface area contributed by atoms with Gasteiger partial charge in [0, 0.05) is 12.8 Å². The number of ether oxygens (including phenoxy) is 4. The van der Waals surface area contributed by atoms with Crippen LogP contribution in [0.15, 0.2) is 78.9 Å². The second-order valence-electron chi connectivity index (χ2n) is 8.18. The van der Waals surface area contributed by atoms with Gasteiger partial charge < -0.3 is 24.1 Å². The van der Waals surface area contributed by atoms with Crippen LogP contribution in [0.4, 0.5) is 0 Å². The number of methoxy groups -OCH3 is 2. The van der Waals surface area contributed by atoms with Gasteiger partial charge in [-0.15, -0.1) is 0 Å². The van der Waals surface area contributed by atoms with E-state index in [4.69, 9.17) is 14.6 Å². The molecule has 1 N–H and O–H groups in total. The zero-order chi connectivity index (χ0) is 26.7. The molecule has 7 heteroatoms. The number of esters is 2. The highest BCUT2D eigenvalue weighted by Gasteiger charge is 2.02. The topological polar surface area (TPSA) is 91.3 Å². The maximum Gasteiger partial charge on any atom is 0.305 e. The van der Waals surface area contributed by atoms with E-state index in [2.05, 4.69) is 9.47 Å². The predicted molar refractivity (Wildman–Crippen MR) is 142 cm³/mol. The van der Waals surface area contributed by atoms with Crippen LogP contribution in [0, 0.1) is 0 Å². The molecule has 0 atom stereocenters. The van der Waals surface area contributed by atoms with E-state index >= 15 is 0 Å². The fourth-order valence-corrected chi connectivity index (χ4v) is 3.21. The summed E-state index contributed by atoms with van der Waals surface area (Å²) in [6.45, 7) is 1.36. The van der Waals surface area contributed by atoms with Crippen molar-refractivity contribution in [2.75, 3.05) is 27.4 Å². The number of aromatic hydroxyl groups is 1. The van der Waals surface area contributed by atoms with E-state index < -0.39 is 0 Å². The summed E-state index contributed by atoms with van der Waals surface area (Å²) in [4.78, 5) is 21.9. The summed E-state index contributed by atoms with van der Waals surface area (Å²) in [5.41, 5.74) is 2.12. The van der Waals surface area contributed by atoms with E-state index in [1.165, 1.54) is 14.2 Å². The van der Waals surface area contributed by atoms with Crippen molar-refractivity contribution in [2.24, 2.45) is 0 Å². The highest BCUT2D eigenvalue weighted by Crippen LogP contribution is 2.15. The average molecular weight is 509 g/mol. The number of rotatable bonds is 13. The van der Waals surface area contributed by atoms with Gasteiger partial charge in [-0.1, -0.05) is 42.5 Å². The predicted octanol–water partition coefficient (Wildman–Crippen LogP) is 5.53. The Kier molecular flexibility index (Phi) is 13.8. The van der Waals surface area contributed by atoms with Gasteiger partial charge in [0.15, 0.2) is 0 Å². The number of para-hydroxylation sites is 1. The van der Waals surface area contributed by atoms with Gasteiger partial charge in [-0.05, 0) is 73.2 Å². The molecule has 0 aliphatic heterocycles. The summed E-state index contributed by atoms with van der Waals surface area (Å²) in [5.74, 6) is 1.59. The van der Waals surface area contributed by atoms with Gasteiger partial charge in [-0.25, -0.2) is 0 Å². The first-order chi connectivity index (χ1) is 18.0. The number of hydrogen-bond donors (Lipinski definition) is 1. The molecule has 0 spiro atoms. The number of carbonyl (C=O) groups excluding carboxylic acids is 2. The van der Waals surface area contributed by atoms with E-state index in [1.54, 1.807) is 24.3 Å². The SMILES string of the molecule is COC(=O)CCc1ccc(O)cc1.COC(=O)CCc1ccc(OCCCCOc2ccccc2)cc1. The molecule has 3 rings (SSSR count). The lowest BCUT2D eigenvalue weighted by atomic mass is 10.1. The third-order valence-corrected chi connectivity index (χ3v) is 5.37. The maximum atomic E-state index is 11.1. The Morgan fingerprint density at radius 3 is 1.51 bits per heavy atom. The Hall–Kier alpha value is -4.00. The molecule has 198 valence electrons. The van der Waals surface area contributed by atoms with Gasteiger partial charge in [0.25, 0.3) is 0 Å². The molecule has 7 nitrogen and oxygen atoms in total. The van der Waals surface area contributed by atoms with E-state index in [9.17, 15) is 9.59 Å². The third kappa shape index (κ3) is 13.0. The van der Waals surface area contributed by atoms with Crippen LogP contribution in [0.5, 0.6) is 17.2 Å². The van der Waals surface area contributed by atoms with Crippen molar-refractivity contribution in [3.8, 4) is 17.2 Å². The zero-order valence-corrected chi connectivity index (χ0v) is 21.6. The first kappa shape index (κ1) is 29.2. The Labute approximate surface area is 219 Å². The molecule has 0 bridgehead atoms. The van der Waals surface area contributed by atoms with Crippen molar-refractivity contribution in [3.05, 3.63) is 90.0 Å². The minimum Gasteiger partial charge on any atom is -0.508 e. The molecule has 0 unspecified atom stereocenters. The van der Waals surface area contributed by atoms with Crippen molar-refractivity contribution >= 4 is 11.9 Å². The number of aryl methyl sites for hydroxylation is 2. The molecular formula is C30H36O7. The minimum absolute atomic E-state index is 0.187. The summed E-state index contributed by atoms with van der Waals surface area (Å²) in [6.07, 6.45) is 4.00. The van der Waals surface area contributed by atoms with Crippen LogP contribution in [-0.4, -0.2) is 44.5 Å². The van der Waals surface area contributed by atoms with Crippen LogP contribution < -0.4 is 9.47 Å². The summed E-state index contributed by atoms with van der Waals surface area (Å²) >= 11 is 0. The van der Waals surface area contributed by atoms with Crippen LogP contribution in [-0.2, 0) is 31.9 Å². The van der Waals surface area contributed by atoms with E-state index in [-0.39, 0.29) is 17.7 Å². The molecule has 37 heavy (non-hydrogen) atoms. The lowest BCUT2D eigenvalue weighted by molar-refractivity contribution is -0.141. The van der Waals surface area contributed by atoms with E-state index in [0.29, 0.717) is 38.9 Å². The second kappa shape index (κ2) is 17.4. The average Bonchev–Trinajstić information content (AvgIpc) is 2.94. The van der Waals surface area contributed by atoms with E-state index in [0.717, 1.165) is 35.5 Å². The highest BCUT2D eigenvalue weighted by atomic mass is 16.5. The van der Waals surface area contributed by atoms with Crippen LogP contribution in [0.3, 0.4) is 0 Å². The van der Waals surface area contributed by atoms with Gasteiger partial charge in [0.2, 0.25) is 0 Å². The number of phenols is 1. The molecule has 0 heterocycles. The van der Waals surface area contributed by atoms with Crippen LogP contribution in [0.2, 0.25) is 0 Å². The van der Waals surface area contributed by atoms with Crippen molar-refractivity contribution < 1.29 is 33.6 Å². The normalized spacial score (nSPS) is 10.0. The number of benzene rings is 3. The van der Waals surface area contributed by atoms with Gasteiger partial charge in [-0.2, -0.15) is 0 Å². The van der Waals surface area contributed by atoms with Crippen molar-refractivity contribution in [3.63, 3.8) is 0 Å². The van der Waals surface area contributed by atoms with Crippen molar-refractivity contribution in [1.29, 1.82) is 0 Å². The molecule has 0 saturated carbocycles. The van der Waals surface area contributed by atoms with Gasteiger partial charge in [0.05, 0.1) is 27.4 Å². The first-order valence-electron chi connectivity index (χ1n) is 12.3. The molecule has 0 saturated heterocycles. The quantitative estimate of drug-likeness (QED) is 0.240. The largest absolute Gasteiger partial charge is 0.508 e. The smallest absolute Gasteiger partial charge is 0.305 e. The number of phenolic OH excluding ortho intramolecular Hbond substituents is 1. The molecule has 0 aliphatic carbocycles. The Bertz CT molecular complexity index is 1030. The van der Waals surface area contributed by atoms with Gasteiger partial charge in [0.1, 0.15) is 17.2 Å². The molecule has 0 radical (unpaired) electrons. The van der Waals surface area contributed by atoms with Gasteiger partial charge >= 0.3 is 11.9 Å². The molecule has 0 amide bonds. The standard InChI is InChI=1S/C20H24O4.C10H12O3/c1-22-20(21)14-11-17-9-12-19(13-10-17)24-16-6-5-15-23-18-7-3-2-4-8-18;1-13-10(12)7-4-8-2-5-9(11)6-3-8/h2-4,7-10,12-13H,5-6,11,14-16H2,1H3;2-3,5-6,11H,4,7H2,1H3. The second-order valence-corrected chi connectivity index (χ2v) is 8.18. The lowest BCUT2D eigenvalue weighted by Crippen LogP contribution is -2.03. The lowest BCUT2D eigenvalue weighted by Gasteiger charge is -2.08. The summed E-state index contributed by atoms with van der Waals surface area (Å²) in [7, 11) is 2.78. The number of unbranched alkanes of at least 4 members (excludes halogenated alkanes) is 1. The summed E-state index contributed by atoms with van der Waals surface area (Å²) in [5, 5.41) is 8.99. The van der Waals surface area contributed by atoms with Crippen molar-refractivity contribution in [1.82, 2.24) is 0 Å². The molecule has 0 fully saturated rings. The Morgan fingerprint density at radius 2 is 1.05 bits per heavy atom. The van der Waals surface area contributed by atoms with E-state index in [1.807, 2.05) is 54.6 Å². The molecule has 0 aromatic heterocycles. The van der Waals surface area contributed by atoms with Crippen molar-refractivity contribution in [2.45, 2.75) is 38.5 Å².